The van der Waals surface area contributed by atoms with Gasteiger partial charge in [0.05, 0.1) is 25.8 Å². The number of hydrogen-bond acceptors (Lipinski definition) is 6. The van der Waals surface area contributed by atoms with Crippen molar-refractivity contribution in [3.63, 3.8) is 0 Å². The normalized spacial score (nSPS) is 17.6. The molecule has 1 aliphatic heterocycles. The summed E-state index contributed by atoms with van der Waals surface area (Å²) in [5.41, 5.74) is 1.48. The van der Waals surface area contributed by atoms with Gasteiger partial charge in [-0.2, -0.15) is 0 Å². The van der Waals surface area contributed by atoms with Gasteiger partial charge in [0.2, 0.25) is 0 Å². The molecule has 0 bridgehead atoms. The first-order chi connectivity index (χ1) is 19.2. The van der Waals surface area contributed by atoms with Crippen molar-refractivity contribution in [1.82, 2.24) is 14.5 Å². The fourth-order valence-corrected chi connectivity index (χ4v) is 4.92. The minimum Gasteiger partial charge on any atom is -0.497 e. The number of pyridine rings is 2. The van der Waals surface area contributed by atoms with Crippen molar-refractivity contribution in [2.45, 2.75) is 43.6 Å². The molecule has 40 heavy (non-hydrogen) atoms. The van der Waals surface area contributed by atoms with E-state index in [1.165, 1.54) is 30.0 Å². The number of carbonyl (C=O) groups is 3. The summed E-state index contributed by atoms with van der Waals surface area (Å²) in [5, 5.41) is 2.70. The van der Waals surface area contributed by atoms with Crippen LogP contribution in [0, 0.1) is 0 Å². The van der Waals surface area contributed by atoms with Crippen LogP contribution in [0.3, 0.4) is 0 Å². The van der Waals surface area contributed by atoms with Crippen molar-refractivity contribution in [3.05, 3.63) is 75.3 Å². The molecule has 2 aliphatic carbocycles. The summed E-state index contributed by atoms with van der Waals surface area (Å²) in [6.07, 6.45) is 5.48. The van der Waals surface area contributed by atoms with Gasteiger partial charge in [-0.1, -0.05) is 0 Å². The highest BCUT2D eigenvalue weighted by atomic mass is 19.3. The summed E-state index contributed by atoms with van der Waals surface area (Å²) < 4.78 is 33.8. The standard InChI is InChI=1S/C29H26F2N4O5/c1-40-20-6-7-21(22(11-20)27(38)34-14-29(30,31)15-34)18-9-24(17-2-3-17)32-25(10-18)33-26(37)23-8-16(13-36)12-35(28(23)39)19-4-5-19/h6-13,17,19H,2-5,14-15H2,1H3,(H,32,33,37). The van der Waals surface area contributed by atoms with Crippen molar-refractivity contribution < 1.29 is 27.9 Å². The third-order valence-corrected chi connectivity index (χ3v) is 7.37. The van der Waals surface area contributed by atoms with Gasteiger partial charge >= 0.3 is 0 Å². The molecule has 3 aromatic rings. The lowest BCUT2D eigenvalue weighted by molar-refractivity contribution is -0.113. The van der Waals surface area contributed by atoms with E-state index in [1.807, 2.05) is 6.07 Å². The van der Waals surface area contributed by atoms with Gasteiger partial charge in [-0.15, -0.1) is 0 Å². The number of alkyl halides is 2. The lowest BCUT2D eigenvalue weighted by Crippen LogP contribution is -2.58. The van der Waals surface area contributed by atoms with Gasteiger partial charge in [0, 0.05) is 29.4 Å². The molecule has 1 saturated heterocycles. The Hall–Kier alpha value is -4.41. The number of aromatic nitrogens is 2. The van der Waals surface area contributed by atoms with E-state index in [9.17, 15) is 28.0 Å². The number of carbonyl (C=O) groups excluding carboxylic acids is 3. The zero-order valence-electron chi connectivity index (χ0n) is 21.7. The molecule has 2 aromatic heterocycles. The molecule has 11 heteroatoms. The second kappa shape index (κ2) is 9.65. The predicted molar refractivity (Wildman–Crippen MR) is 141 cm³/mol. The number of rotatable bonds is 8. The maximum atomic E-state index is 13.5. The zero-order chi connectivity index (χ0) is 28.2. The Morgan fingerprint density at radius 2 is 1.82 bits per heavy atom. The molecule has 2 saturated carbocycles. The van der Waals surface area contributed by atoms with Crippen LogP contribution in [0.5, 0.6) is 5.75 Å². The number of ether oxygens (including phenoxy) is 1. The van der Waals surface area contributed by atoms with Gasteiger partial charge in [0.25, 0.3) is 23.3 Å². The molecule has 3 aliphatic rings. The van der Waals surface area contributed by atoms with Crippen LogP contribution in [0.2, 0.25) is 0 Å². The maximum absolute atomic E-state index is 13.5. The highest BCUT2D eigenvalue weighted by Crippen LogP contribution is 2.42. The Kier molecular flexibility index (Phi) is 6.24. The fraction of sp³-hybridized carbons (Fsp3) is 0.345. The second-order valence-corrected chi connectivity index (χ2v) is 10.6. The van der Waals surface area contributed by atoms with Crippen LogP contribution in [-0.4, -0.2) is 58.7 Å². The molecule has 0 radical (unpaired) electrons. The number of anilines is 1. The molecule has 0 atom stereocenters. The van der Waals surface area contributed by atoms with Crippen molar-refractivity contribution >= 4 is 23.9 Å². The first-order valence-electron chi connectivity index (χ1n) is 13.1. The minimum atomic E-state index is -2.92. The molecule has 6 rings (SSSR count). The third-order valence-electron chi connectivity index (χ3n) is 7.37. The van der Waals surface area contributed by atoms with Crippen LogP contribution in [0.1, 0.15) is 74.4 Å². The van der Waals surface area contributed by atoms with Crippen LogP contribution in [0.15, 0.2) is 47.4 Å². The lowest BCUT2D eigenvalue weighted by Gasteiger charge is -2.39. The summed E-state index contributed by atoms with van der Waals surface area (Å²) >= 11 is 0. The molecule has 1 N–H and O–H groups in total. The average molecular weight is 549 g/mol. The molecule has 0 unspecified atom stereocenters. The first kappa shape index (κ1) is 25.8. The molecule has 3 fully saturated rings. The second-order valence-electron chi connectivity index (χ2n) is 10.6. The number of nitrogens with zero attached hydrogens (tertiary/aromatic N) is 3. The van der Waals surface area contributed by atoms with E-state index in [2.05, 4.69) is 10.3 Å². The van der Waals surface area contributed by atoms with E-state index >= 15 is 0 Å². The van der Waals surface area contributed by atoms with E-state index in [1.54, 1.807) is 18.2 Å². The fourth-order valence-electron chi connectivity index (χ4n) is 4.92. The van der Waals surface area contributed by atoms with Gasteiger partial charge in [-0.25, -0.2) is 13.8 Å². The molecule has 9 nitrogen and oxygen atoms in total. The van der Waals surface area contributed by atoms with E-state index in [-0.39, 0.29) is 34.5 Å². The molecule has 1 aromatic carbocycles. The van der Waals surface area contributed by atoms with Crippen LogP contribution in [0.4, 0.5) is 14.6 Å². The summed E-state index contributed by atoms with van der Waals surface area (Å²) in [6, 6.07) is 9.48. The van der Waals surface area contributed by atoms with Crippen LogP contribution >= 0.6 is 0 Å². The Balaban J connectivity index is 1.37. The number of halogens is 2. The van der Waals surface area contributed by atoms with Crippen LogP contribution in [-0.2, 0) is 0 Å². The summed E-state index contributed by atoms with van der Waals surface area (Å²) in [7, 11) is 1.45. The highest BCUT2D eigenvalue weighted by molar-refractivity contribution is 6.05. The summed E-state index contributed by atoms with van der Waals surface area (Å²) in [6.45, 7) is -1.32. The number of aldehydes is 1. The number of benzene rings is 1. The van der Waals surface area contributed by atoms with Crippen molar-refractivity contribution in [3.8, 4) is 16.9 Å². The molecule has 0 spiro atoms. The number of nitrogens with one attached hydrogen (secondary N) is 1. The molecule has 2 amide bonds. The van der Waals surface area contributed by atoms with Crippen LogP contribution in [0.25, 0.3) is 11.1 Å². The Labute approximate surface area is 227 Å². The largest absolute Gasteiger partial charge is 0.497 e. The minimum absolute atomic E-state index is 0.0285. The quantitative estimate of drug-likeness (QED) is 0.421. The lowest BCUT2D eigenvalue weighted by atomic mass is 9.96. The van der Waals surface area contributed by atoms with Crippen LogP contribution < -0.4 is 15.6 Å². The smallest absolute Gasteiger partial charge is 0.282 e. The Morgan fingerprint density at radius 3 is 2.45 bits per heavy atom. The molecular weight excluding hydrogens is 522 g/mol. The summed E-state index contributed by atoms with van der Waals surface area (Å²) in [5.74, 6) is -3.44. The monoisotopic (exact) mass is 548 g/mol. The third kappa shape index (κ3) is 4.99. The number of methoxy groups -OCH3 is 1. The molecule has 3 heterocycles. The molecule has 206 valence electrons. The van der Waals surface area contributed by atoms with Gasteiger partial charge < -0.3 is 19.5 Å². The number of likely N-dealkylation sites (tertiary alicyclic amines) is 1. The van der Waals surface area contributed by atoms with Gasteiger partial charge in [0.1, 0.15) is 17.1 Å². The van der Waals surface area contributed by atoms with E-state index in [0.29, 0.717) is 28.9 Å². The average Bonchev–Trinajstić information content (AvgIpc) is 3.84. The Bertz CT molecular complexity index is 1600. The predicted octanol–water partition coefficient (Wildman–Crippen LogP) is 4.29. The zero-order valence-corrected chi connectivity index (χ0v) is 21.7. The van der Waals surface area contributed by atoms with E-state index in [0.717, 1.165) is 30.6 Å². The SMILES string of the molecule is COc1ccc(-c2cc(NC(=O)c3cc(C=O)cn(C4CC4)c3=O)nc(C3CC3)c2)c(C(=O)N2CC(F)(F)C2)c1. The van der Waals surface area contributed by atoms with Gasteiger partial charge in [0.15, 0.2) is 6.29 Å². The van der Waals surface area contributed by atoms with Gasteiger partial charge in [-0.3, -0.25) is 19.2 Å². The first-order valence-corrected chi connectivity index (χ1v) is 13.1. The number of amides is 2. The van der Waals surface area contributed by atoms with Crippen molar-refractivity contribution in [2.75, 3.05) is 25.5 Å². The van der Waals surface area contributed by atoms with E-state index < -0.39 is 36.4 Å². The summed E-state index contributed by atoms with van der Waals surface area (Å²) in [4.78, 5) is 56.6. The van der Waals surface area contributed by atoms with Crippen molar-refractivity contribution in [1.29, 1.82) is 0 Å². The van der Waals surface area contributed by atoms with Crippen molar-refractivity contribution in [2.24, 2.45) is 0 Å². The highest BCUT2D eigenvalue weighted by Gasteiger charge is 2.46. The van der Waals surface area contributed by atoms with E-state index in [4.69, 9.17) is 4.74 Å². The topological polar surface area (TPSA) is 111 Å². The Morgan fingerprint density at radius 1 is 1.07 bits per heavy atom. The maximum Gasteiger partial charge on any atom is 0.282 e. The molecular formula is C29H26F2N4O5. The van der Waals surface area contributed by atoms with Gasteiger partial charge in [-0.05, 0) is 73.2 Å². The number of hydrogen-bond donors (Lipinski definition) is 1.